The Hall–Kier alpha value is -1.91. The Morgan fingerprint density at radius 1 is 1.25 bits per heavy atom. The first-order valence-electron chi connectivity index (χ1n) is 7.93. The van der Waals surface area contributed by atoms with Crippen molar-refractivity contribution in [2.45, 2.75) is 33.4 Å². The van der Waals surface area contributed by atoms with Crippen molar-refractivity contribution in [3.05, 3.63) is 62.9 Å². The van der Waals surface area contributed by atoms with Crippen LogP contribution in [0.5, 0.6) is 0 Å². The van der Waals surface area contributed by atoms with Gasteiger partial charge in [-0.25, -0.2) is 4.98 Å². The predicted molar refractivity (Wildman–Crippen MR) is 100 cm³/mol. The molecule has 3 nitrogen and oxygen atoms in total. The number of thiophene rings is 1. The second-order valence-corrected chi connectivity index (χ2v) is 7.16. The van der Waals surface area contributed by atoms with E-state index in [2.05, 4.69) is 4.98 Å². The Labute approximate surface area is 150 Å². The molecule has 2 heterocycles. The topological polar surface area (TPSA) is 33.2 Å². The maximum Gasteiger partial charge on any atom is 0.222 e. The molecule has 0 aliphatic carbocycles. The molecule has 0 saturated heterocycles. The van der Waals surface area contributed by atoms with Crippen LogP contribution in [-0.4, -0.2) is 15.8 Å². The van der Waals surface area contributed by atoms with Crippen molar-refractivity contribution in [2.24, 2.45) is 0 Å². The van der Waals surface area contributed by atoms with Crippen molar-refractivity contribution < 1.29 is 4.79 Å². The zero-order valence-electron chi connectivity index (χ0n) is 13.8. The Balaban J connectivity index is 1.92. The van der Waals surface area contributed by atoms with Crippen LogP contribution in [0.4, 0.5) is 0 Å². The lowest BCUT2D eigenvalue weighted by Crippen LogP contribution is -2.29. The highest BCUT2D eigenvalue weighted by molar-refractivity contribution is 7.09. The first-order chi connectivity index (χ1) is 11.6. The normalized spacial score (nSPS) is 11.0. The van der Waals surface area contributed by atoms with Gasteiger partial charge in [-0.2, -0.15) is 0 Å². The highest BCUT2D eigenvalue weighted by Crippen LogP contribution is 2.25. The minimum atomic E-state index is 0.115. The SMILES string of the molecule is CCC(=O)N(Cc1cccs1)Cc1cc2cccc(C)c2nc1Cl. The lowest BCUT2D eigenvalue weighted by atomic mass is 10.1. The van der Waals surface area contributed by atoms with Gasteiger partial charge in [-0.05, 0) is 30.0 Å². The molecule has 0 aliphatic rings. The van der Waals surface area contributed by atoms with Gasteiger partial charge in [0, 0.05) is 28.8 Å². The van der Waals surface area contributed by atoms with Gasteiger partial charge < -0.3 is 4.90 Å². The largest absolute Gasteiger partial charge is 0.333 e. The summed E-state index contributed by atoms with van der Waals surface area (Å²) in [4.78, 5) is 19.9. The standard InChI is InChI=1S/C19H19ClN2OS/c1-3-17(23)22(12-16-8-5-9-24-16)11-15-10-14-7-4-6-13(2)18(14)21-19(15)20/h4-10H,3,11-12H2,1-2H3. The van der Waals surface area contributed by atoms with Crippen LogP contribution in [-0.2, 0) is 17.9 Å². The van der Waals surface area contributed by atoms with Gasteiger partial charge in [0.25, 0.3) is 0 Å². The minimum Gasteiger partial charge on any atom is -0.333 e. The van der Waals surface area contributed by atoms with E-state index in [0.29, 0.717) is 24.7 Å². The number of nitrogens with zero attached hydrogens (tertiary/aromatic N) is 2. The van der Waals surface area contributed by atoms with Crippen molar-refractivity contribution in [2.75, 3.05) is 0 Å². The van der Waals surface area contributed by atoms with Crippen LogP contribution in [0.25, 0.3) is 10.9 Å². The molecule has 0 bridgehead atoms. The fourth-order valence-corrected chi connectivity index (χ4v) is 3.65. The molecule has 124 valence electrons. The van der Waals surface area contributed by atoms with E-state index in [0.717, 1.165) is 26.9 Å². The van der Waals surface area contributed by atoms with Crippen LogP contribution in [0.3, 0.4) is 0 Å². The van der Waals surface area contributed by atoms with E-state index < -0.39 is 0 Å². The molecule has 0 unspecified atom stereocenters. The average molecular weight is 359 g/mol. The van der Waals surface area contributed by atoms with E-state index in [1.807, 2.05) is 60.5 Å². The maximum absolute atomic E-state index is 12.3. The van der Waals surface area contributed by atoms with Crippen molar-refractivity contribution in [3.63, 3.8) is 0 Å². The fourth-order valence-electron chi connectivity index (χ4n) is 2.73. The quantitative estimate of drug-likeness (QED) is 0.587. The monoisotopic (exact) mass is 358 g/mol. The smallest absolute Gasteiger partial charge is 0.222 e. The number of halogens is 1. The van der Waals surface area contributed by atoms with E-state index in [9.17, 15) is 4.79 Å². The van der Waals surface area contributed by atoms with Crippen LogP contribution in [0, 0.1) is 6.92 Å². The number of carbonyl (C=O) groups is 1. The van der Waals surface area contributed by atoms with Gasteiger partial charge in [0.15, 0.2) is 0 Å². The third-order valence-electron chi connectivity index (χ3n) is 4.02. The second kappa shape index (κ2) is 7.32. The maximum atomic E-state index is 12.3. The number of amides is 1. The molecule has 1 amide bonds. The number of aryl methyl sites for hydroxylation is 1. The van der Waals surface area contributed by atoms with Crippen molar-refractivity contribution in [1.82, 2.24) is 9.88 Å². The predicted octanol–water partition coefficient (Wildman–Crippen LogP) is 5.20. The third-order valence-corrected chi connectivity index (χ3v) is 5.21. The number of carbonyl (C=O) groups excluding carboxylic acids is 1. The molecule has 0 radical (unpaired) electrons. The molecule has 0 saturated carbocycles. The number of hydrogen-bond donors (Lipinski definition) is 0. The highest BCUT2D eigenvalue weighted by Gasteiger charge is 2.16. The van der Waals surface area contributed by atoms with Crippen molar-refractivity contribution in [1.29, 1.82) is 0 Å². The summed E-state index contributed by atoms with van der Waals surface area (Å²) in [6, 6.07) is 12.2. The molecular weight excluding hydrogens is 340 g/mol. The molecule has 3 aromatic rings. The molecule has 3 rings (SSSR count). The number of benzene rings is 1. The minimum absolute atomic E-state index is 0.115. The number of aromatic nitrogens is 1. The van der Waals surface area contributed by atoms with E-state index in [-0.39, 0.29) is 5.91 Å². The van der Waals surface area contributed by atoms with Gasteiger partial charge in [0.1, 0.15) is 5.15 Å². The first-order valence-corrected chi connectivity index (χ1v) is 9.19. The zero-order valence-corrected chi connectivity index (χ0v) is 15.3. The lowest BCUT2D eigenvalue weighted by molar-refractivity contribution is -0.132. The number of hydrogen-bond acceptors (Lipinski definition) is 3. The molecule has 24 heavy (non-hydrogen) atoms. The summed E-state index contributed by atoms with van der Waals surface area (Å²) in [5, 5.41) is 3.54. The molecular formula is C19H19ClN2OS. The van der Waals surface area contributed by atoms with Gasteiger partial charge in [-0.3, -0.25) is 4.79 Å². The fraction of sp³-hybridized carbons (Fsp3) is 0.263. The Bertz CT molecular complexity index is 861. The molecule has 1 aromatic carbocycles. The van der Waals surface area contributed by atoms with Crippen LogP contribution < -0.4 is 0 Å². The van der Waals surface area contributed by atoms with E-state index in [1.54, 1.807) is 11.3 Å². The molecule has 0 spiro atoms. The van der Waals surface area contributed by atoms with Crippen LogP contribution in [0.1, 0.15) is 29.3 Å². The van der Waals surface area contributed by atoms with Crippen LogP contribution in [0.2, 0.25) is 5.15 Å². The highest BCUT2D eigenvalue weighted by atomic mass is 35.5. The second-order valence-electron chi connectivity index (χ2n) is 5.77. The van der Waals surface area contributed by atoms with Crippen LogP contribution in [0.15, 0.2) is 41.8 Å². The molecule has 0 N–H and O–H groups in total. The summed E-state index contributed by atoms with van der Waals surface area (Å²) in [7, 11) is 0. The van der Waals surface area contributed by atoms with Crippen molar-refractivity contribution in [3.8, 4) is 0 Å². The number of rotatable bonds is 5. The number of fused-ring (bicyclic) bond motifs is 1. The summed E-state index contributed by atoms with van der Waals surface area (Å²) in [5.41, 5.74) is 2.90. The summed E-state index contributed by atoms with van der Waals surface area (Å²) < 4.78 is 0. The van der Waals surface area contributed by atoms with E-state index in [4.69, 9.17) is 11.6 Å². The Kier molecular flexibility index (Phi) is 5.17. The Morgan fingerprint density at radius 3 is 2.79 bits per heavy atom. The summed E-state index contributed by atoms with van der Waals surface area (Å²) in [5.74, 6) is 0.115. The molecule has 0 aliphatic heterocycles. The lowest BCUT2D eigenvalue weighted by Gasteiger charge is -2.22. The number of pyridine rings is 1. The van der Waals surface area contributed by atoms with Gasteiger partial charge in [-0.1, -0.05) is 42.8 Å². The van der Waals surface area contributed by atoms with Gasteiger partial charge in [0.2, 0.25) is 5.91 Å². The van der Waals surface area contributed by atoms with Gasteiger partial charge >= 0.3 is 0 Å². The van der Waals surface area contributed by atoms with Gasteiger partial charge in [-0.15, -0.1) is 11.3 Å². The van der Waals surface area contributed by atoms with Crippen LogP contribution >= 0.6 is 22.9 Å². The summed E-state index contributed by atoms with van der Waals surface area (Å²) in [6.07, 6.45) is 0.475. The van der Waals surface area contributed by atoms with Crippen molar-refractivity contribution >= 4 is 39.7 Å². The molecule has 0 atom stereocenters. The van der Waals surface area contributed by atoms with E-state index >= 15 is 0 Å². The summed E-state index contributed by atoms with van der Waals surface area (Å²) >= 11 is 8.06. The molecule has 0 fully saturated rings. The summed E-state index contributed by atoms with van der Waals surface area (Å²) in [6.45, 7) is 4.98. The zero-order chi connectivity index (χ0) is 17.1. The first kappa shape index (κ1) is 16.9. The molecule has 5 heteroatoms. The van der Waals surface area contributed by atoms with E-state index in [1.165, 1.54) is 0 Å². The third kappa shape index (κ3) is 3.60. The average Bonchev–Trinajstić information content (AvgIpc) is 3.08. The van der Waals surface area contributed by atoms with Gasteiger partial charge in [0.05, 0.1) is 12.1 Å². The number of para-hydroxylation sites is 1. The Morgan fingerprint density at radius 2 is 2.08 bits per heavy atom. The molecule has 2 aromatic heterocycles.